The van der Waals surface area contributed by atoms with Gasteiger partial charge in [-0.1, -0.05) is 24.3 Å². The van der Waals surface area contributed by atoms with Crippen LogP contribution in [-0.4, -0.2) is 21.1 Å². The van der Waals surface area contributed by atoms with Crippen LogP contribution in [0.5, 0.6) is 0 Å². The second-order valence-corrected chi connectivity index (χ2v) is 3.36. The summed E-state index contributed by atoms with van der Waals surface area (Å²) >= 11 is 0. The minimum Gasteiger partial charge on any atom is -0.307 e. The van der Waals surface area contributed by atoms with Crippen molar-refractivity contribution in [3.05, 3.63) is 47.5 Å². The highest BCUT2D eigenvalue weighted by atomic mass is 16.1. The lowest BCUT2D eigenvalue weighted by molar-refractivity contribution is 0.111. The summed E-state index contributed by atoms with van der Waals surface area (Å²) in [6.45, 7) is 2.67. The minimum absolute atomic E-state index is 0.359. The Bertz CT molecular complexity index is 476. The van der Waals surface area contributed by atoms with E-state index in [9.17, 15) is 4.79 Å². The second kappa shape index (κ2) is 4.04. The Labute approximate surface area is 87.6 Å². The molecule has 0 spiro atoms. The van der Waals surface area contributed by atoms with Gasteiger partial charge in [-0.15, -0.1) is 10.2 Å². The monoisotopic (exact) mass is 201 g/mol. The van der Waals surface area contributed by atoms with Gasteiger partial charge in [0.25, 0.3) is 0 Å². The van der Waals surface area contributed by atoms with E-state index in [1.165, 1.54) is 11.1 Å². The van der Waals surface area contributed by atoms with E-state index in [1.54, 1.807) is 10.9 Å². The van der Waals surface area contributed by atoms with Crippen molar-refractivity contribution in [2.24, 2.45) is 0 Å². The highest BCUT2D eigenvalue weighted by Crippen LogP contribution is 2.09. The third-order valence-corrected chi connectivity index (χ3v) is 2.35. The average molecular weight is 201 g/mol. The first-order valence-electron chi connectivity index (χ1n) is 4.69. The predicted octanol–water partition coefficient (Wildman–Crippen LogP) is 1.45. The van der Waals surface area contributed by atoms with Crippen molar-refractivity contribution in [2.45, 2.75) is 13.5 Å². The number of nitrogens with zero attached hydrogens (tertiary/aromatic N) is 3. The highest BCUT2D eigenvalue weighted by Gasteiger charge is 2.04. The van der Waals surface area contributed by atoms with Gasteiger partial charge in [-0.3, -0.25) is 4.79 Å². The molecule has 0 aliphatic carbocycles. The topological polar surface area (TPSA) is 47.8 Å². The number of carbonyl (C=O) groups is 1. The van der Waals surface area contributed by atoms with Crippen LogP contribution in [0.3, 0.4) is 0 Å². The number of rotatable bonds is 3. The molecule has 0 aliphatic rings. The van der Waals surface area contributed by atoms with Crippen molar-refractivity contribution in [1.29, 1.82) is 0 Å². The van der Waals surface area contributed by atoms with Crippen molar-refractivity contribution >= 4 is 6.29 Å². The fraction of sp³-hybridized carbons (Fsp3) is 0.182. The molecular formula is C11H11N3O. The number of aryl methyl sites for hydroxylation is 1. The van der Waals surface area contributed by atoms with E-state index in [0.717, 1.165) is 0 Å². The van der Waals surface area contributed by atoms with Gasteiger partial charge in [-0.25, -0.2) is 0 Å². The normalized spacial score (nSPS) is 10.2. The molecule has 1 aromatic carbocycles. The molecule has 0 N–H and O–H groups in total. The summed E-state index contributed by atoms with van der Waals surface area (Å²) < 4.78 is 1.73. The number of aldehydes is 1. The standard InChI is InChI=1S/C11H11N3O/c1-9-4-2-3-5-10(9)6-14-8-12-13-11(14)7-15/h2-5,7-8H,6H2,1H3. The van der Waals surface area contributed by atoms with Crippen molar-refractivity contribution in [3.8, 4) is 0 Å². The summed E-state index contributed by atoms with van der Waals surface area (Å²) in [5.74, 6) is 0.359. The van der Waals surface area contributed by atoms with Gasteiger partial charge < -0.3 is 4.57 Å². The lowest BCUT2D eigenvalue weighted by Gasteiger charge is -2.06. The summed E-state index contributed by atoms with van der Waals surface area (Å²) in [7, 11) is 0. The molecule has 4 heteroatoms. The Hall–Kier alpha value is -1.97. The van der Waals surface area contributed by atoms with Crippen LogP contribution < -0.4 is 0 Å². The number of hydrogen-bond donors (Lipinski definition) is 0. The Kier molecular flexibility index (Phi) is 2.58. The molecule has 0 bridgehead atoms. The molecule has 1 aromatic heterocycles. The Morgan fingerprint density at radius 3 is 2.93 bits per heavy atom. The molecule has 0 atom stereocenters. The Morgan fingerprint density at radius 2 is 2.20 bits per heavy atom. The fourth-order valence-electron chi connectivity index (χ4n) is 1.45. The van der Waals surface area contributed by atoms with E-state index < -0.39 is 0 Å². The Balaban J connectivity index is 2.29. The van der Waals surface area contributed by atoms with Gasteiger partial charge in [-0.05, 0) is 18.1 Å². The van der Waals surface area contributed by atoms with Crippen molar-refractivity contribution in [1.82, 2.24) is 14.8 Å². The van der Waals surface area contributed by atoms with E-state index >= 15 is 0 Å². The summed E-state index contributed by atoms with van der Waals surface area (Å²) in [6, 6.07) is 8.04. The number of benzene rings is 1. The SMILES string of the molecule is Cc1ccccc1Cn1cnnc1C=O. The van der Waals surface area contributed by atoms with E-state index in [4.69, 9.17) is 0 Å². The zero-order valence-electron chi connectivity index (χ0n) is 8.42. The van der Waals surface area contributed by atoms with E-state index in [-0.39, 0.29) is 0 Å². The van der Waals surface area contributed by atoms with Crippen LogP contribution in [0.15, 0.2) is 30.6 Å². The van der Waals surface area contributed by atoms with Crippen LogP contribution in [0.4, 0.5) is 0 Å². The van der Waals surface area contributed by atoms with Crippen molar-refractivity contribution in [2.75, 3.05) is 0 Å². The molecule has 0 saturated heterocycles. The third-order valence-electron chi connectivity index (χ3n) is 2.35. The summed E-state index contributed by atoms with van der Waals surface area (Å²) in [4.78, 5) is 10.6. The first-order chi connectivity index (χ1) is 7.31. The molecule has 0 radical (unpaired) electrons. The fourth-order valence-corrected chi connectivity index (χ4v) is 1.45. The largest absolute Gasteiger partial charge is 0.307 e. The van der Waals surface area contributed by atoms with Crippen molar-refractivity contribution in [3.63, 3.8) is 0 Å². The second-order valence-electron chi connectivity index (χ2n) is 3.36. The molecule has 2 aromatic rings. The van der Waals surface area contributed by atoms with E-state index in [1.807, 2.05) is 31.2 Å². The molecule has 2 rings (SSSR count). The molecule has 0 amide bonds. The van der Waals surface area contributed by atoms with Crippen LogP contribution in [0.2, 0.25) is 0 Å². The summed E-state index contributed by atoms with van der Waals surface area (Å²) in [5, 5.41) is 7.41. The first kappa shape index (κ1) is 9.58. The van der Waals surface area contributed by atoms with Crippen LogP contribution >= 0.6 is 0 Å². The van der Waals surface area contributed by atoms with E-state index in [0.29, 0.717) is 18.7 Å². The van der Waals surface area contributed by atoms with Gasteiger partial charge >= 0.3 is 0 Å². The molecule has 0 fully saturated rings. The molecule has 0 aliphatic heterocycles. The zero-order chi connectivity index (χ0) is 10.7. The van der Waals surface area contributed by atoms with Gasteiger partial charge in [0.05, 0.1) is 6.54 Å². The summed E-state index contributed by atoms with van der Waals surface area (Å²) in [6.07, 6.45) is 2.28. The Morgan fingerprint density at radius 1 is 1.40 bits per heavy atom. The summed E-state index contributed by atoms with van der Waals surface area (Å²) in [5.41, 5.74) is 2.36. The number of carbonyl (C=O) groups excluding carboxylic acids is 1. The maximum Gasteiger partial charge on any atom is 0.196 e. The number of aromatic nitrogens is 3. The van der Waals surface area contributed by atoms with Gasteiger partial charge in [-0.2, -0.15) is 0 Å². The van der Waals surface area contributed by atoms with Gasteiger partial charge in [0.2, 0.25) is 0 Å². The zero-order valence-corrected chi connectivity index (χ0v) is 8.42. The van der Waals surface area contributed by atoms with Gasteiger partial charge in [0, 0.05) is 0 Å². The van der Waals surface area contributed by atoms with E-state index in [2.05, 4.69) is 10.2 Å². The molecule has 0 unspecified atom stereocenters. The molecule has 76 valence electrons. The quantitative estimate of drug-likeness (QED) is 0.706. The van der Waals surface area contributed by atoms with Gasteiger partial charge in [0.15, 0.2) is 12.1 Å². The average Bonchev–Trinajstić information content (AvgIpc) is 2.69. The molecule has 0 saturated carbocycles. The van der Waals surface area contributed by atoms with Crippen LogP contribution in [-0.2, 0) is 6.54 Å². The maximum absolute atomic E-state index is 10.6. The van der Waals surface area contributed by atoms with Crippen LogP contribution in [0, 0.1) is 6.92 Å². The number of hydrogen-bond acceptors (Lipinski definition) is 3. The highest BCUT2D eigenvalue weighted by molar-refractivity contribution is 5.68. The van der Waals surface area contributed by atoms with Crippen LogP contribution in [0.1, 0.15) is 21.7 Å². The third kappa shape index (κ3) is 1.93. The van der Waals surface area contributed by atoms with Crippen molar-refractivity contribution < 1.29 is 4.79 Å². The first-order valence-corrected chi connectivity index (χ1v) is 4.69. The van der Waals surface area contributed by atoms with Crippen LogP contribution in [0.25, 0.3) is 0 Å². The molecular weight excluding hydrogens is 190 g/mol. The smallest absolute Gasteiger partial charge is 0.196 e. The lowest BCUT2D eigenvalue weighted by atomic mass is 10.1. The van der Waals surface area contributed by atoms with Gasteiger partial charge in [0.1, 0.15) is 6.33 Å². The lowest BCUT2D eigenvalue weighted by Crippen LogP contribution is -2.04. The minimum atomic E-state index is 0.359. The maximum atomic E-state index is 10.6. The molecule has 15 heavy (non-hydrogen) atoms. The molecule has 1 heterocycles. The molecule has 4 nitrogen and oxygen atoms in total. The predicted molar refractivity (Wildman–Crippen MR) is 55.7 cm³/mol.